The lowest BCUT2D eigenvalue weighted by atomic mass is 10.0. The van der Waals surface area contributed by atoms with E-state index in [1.54, 1.807) is 7.11 Å². The summed E-state index contributed by atoms with van der Waals surface area (Å²) in [6, 6.07) is 6.11. The predicted octanol–water partition coefficient (Wildman–Crippen LogP) is 3.61. The van der Waals surface area contributed by atoms with Crippen LogP contribution >= 0.6 is 11.6 Å². The summed E-state index contributed by atoms with van der Waals surface area (Å²) in [4.78, 5) is 0. The van der Waals surface area contributed by atoms with Crippen molar-refractivity contribution in [3.05, 3.63) is 34.3 Å². The van der Waals surface area contributed by atoms with Crippen LogP contribution in [0, 0.1) is 0 Å². The van der Waals surface area contributed by atoms with E-state index >= 15 is 0 Å². The second kappa shape index (κ2) is 4.64. The van der Waals surface area contributed by atoms with Gasteiger partial charge >= 0.3 is 0 Å². The minimum Gasteiger partial charge on any atom is -0.380 e. The van der Waals surface area contributed by atoms with E-state index in [0.717, 1.165) is 10.6 Å². The molecule has 13 heavy (non-hydrogen) atoms. The van der Waals surface area contributed by atoms with Crippen LogP contribution in [0.3, 0.4) is 0 Å². The molecule has 1 nitrogen and oxygen atoms in total. The van der Waals surface area contributed by atoms with Crippen LogP contribution < -0.4 is 0 Å². The van der Waals surface area contributed by atoms with Gasteiger partial charge in [0.2, 0.25) is 0 Å². The second-order valence-corrected chi connectivity index (χ2v) is 3.85. The fourth-order valence-electron chi connectivity index (χ4n) is 1.22. The molecular weight excluding hydrogens is 184 g/mol. The molecule has 0 radical (unpaired) electrons. The van der Waals surface area contributed by atoms with Crippen LogP contribution in [0.5, 0.6) is 0 Å². The van der Waals surface area contributed by atoms with Crippen LogP contribution in [-0.2, 0) is 11.3 Å². The van der Waals surface area contributed by atoms with Gasteiger partial charge in [0.1, 0.15) is 0 Å². The van der Waals surface area contributed by atoms with Gasteiger partial charge in [0, 0.05) is 12.1 Å². The number of rotatable bonds is 3. The first-order valence-electron chi connectivity index (χ1n) is 4.42. The summed E-state index contributed by atoms with van der Waals surface area (Å²) in [5.41, 5.74) is 2.37. The van der Waals surface area contributed by atoms with Crippen molar-refractivity contribution >= 4 is 11.6 Å². The highest BCUT2D eigenvalue weighted by atomic mass is 35.5. The van der Waals surface area contributed by atoms with Gasteiger partial charge in [-0.25, -0.2) is 0 Å². The largest absolute Gasteiger partial charge is 0.380 e. The van der Waals surface area contributed by atoms with Crippen LogP contribution in [0.4, 0.5) is 0 Å². The van der Waals surface area contributed by atoms with Crippen LogP contribution in [-0.4, -0.2) is 7.11 Å². The van der Waals surface area contributed by atoms with Gasteiger partial charge in [-0.3, -0.25) is 0 Å². The zero-order valence-corrected chi connectivity index (χ0v) is 9.06. The van der Waals surface area contributed by atoms with Crippen LogP contribution in [0.25, 0.3) is 0 Å². The highest BCUT2D eigenvalue weighted by Crippen LogP contribution is 2.22. The molecule has 0 heterocycles. The molecule has 0 saturated heterocycles. The summed E-state index contributed by atoms with van der Waals surface area (Å²) in [7, 11) is 1.68. The van der Waals surface area contributed by atoms with Crippen LogP contribution in [0.2, 0.25) is 5.02 Å². The average Bonchev–Trinajstić information content (AvgIpc) is 2.08. The maximum Gasteiger partial charge on any atom is 0.0727 e. The average molecular weight is 199 g/mol. The first-order chi connectivity index (χ1) is 6.15. The Bertz CT molecular complexity index is 281. The van der Waals surface area contributed by atoms with Gasteiger partial charge in [-0.2, -0.15) is 0 Å². The Morgan fingerprint density at radius 2 is 2.08 bits per heavy atom. The highest BCUT2D eigenvalue weighted by Gasteiger charge is 2.04. The third kappa shape index (κ3) is 2.71. The van der Waals surface area contributed by atoms with Crippen LogP contribution in [0.15, 0.2) is 18.2 Å². The molecule has 0 amide bonds. The number of halogens is 1. The Morgan fingerprint density at radius 3 is 2.62 bits per heavy atom. The van der Waals surface area contributed by atoms with E-state index in [1.807, 2.05) is 6.07 Å². The number of ether oxygens (including phenoxy) is 1. The van der Waals surface area contributed by atoms with Crippen molar-refractivity contribution in [3.63, 3.8) is 0 Å². The zero-order chi connectivity index (χ0) is 9.84. The molecule has 1 aromatic carbocycles. The molecule has 0 aliphatic heterocycles. The number of benzene rings is 1. The Labute approximate surface area is 84.7 Å². The molecule has 0 unspecified atom stereocenters. The van der Waals surface area contributed by atoms with Gasteiger partial charge in [0.25, 0.3) is 0 Å². The fourth-order valence-corrected chi connectivity index (χ4v) is 1.39. The van der Waals surface area contributed by atoms with Crippen molar-refractivity contribution in [2.75, 3.05) is 7.11 Å². The third-order valence-corrected chi connectivity index (χ3v) is 2.41. The molecule has 0 aromatic heterocycles. The van der Waals surface area contributed by atoms with Gasteiger partial charge < -0.3 is 4.74 Å². The molecule has 0 spiro atoms. The van der Waals surface area contributed by atoms with Gasteiger partial charge in [-0.15, -0.1) is 0 Å². The molecule has 0 aliphatic carbocycles. The summed E-state index contributed by atoms with van der Waals surface area (Å²) in [6.45, 7) is 4.92. The van der Waals surface area contributed by atoms with Gasteiger partial charge in [-0.1, -0.05) is 37.6 Å². The third-order valence-electron chi connectivity index (χ3n) is 2.04. The van der Waals surface area contributed by atoms with E-state index in [1.165, 1.54) is 5.56 Å². The summed E-state index contributed by atoms with van der Waals surface area (Å²) < 4.78 is 5.06. The van der Waals surface area contributed by atoms with E-state index < -0.39 is 0 Å². The van der Waals surface area contributed by atoms with Gasteiger partial charge in [0.05, 0.1) is 6.61 Å². The summed E-state index contributed by atoms with van der Waals surface area (Å²) >= 11 is 6.00. The lowest BCUT2D eigenvalue weighted by Crippen LogP contribution is -1.93. The smallest absolute Gasteiger partial charge is 0.0727 e. The van der Waals surface area contributed by atoms with E-state index in [-0.39, 0.29) is 0 Å². The van der Waals surface area contributed by atoms with Crippen molar-refractivity contribution in [3.8, 4) is 0 Å². The normalized spacial score (nSPS) is 10.8. The minimum absolute atomic E-state index is 0.535. The van der Waals surface area contributed by atoms with Gasteiger partial charge in [-0.05, 0) is 23.1 Å². The molecule has 0 atom stereocenters. The summed E-state index contributed by atoms with van der Waals surface area (Å²) in [5.74, 6) is 0.535. The first kappa shape index (κ1) is 10.6. The number of hydrogen-bond donors (Lipinski definition) is 0. The van der Waals surface area contributed by atoms with Crippen molar-refractivity contribution in [1.82, 2.24) is 0 Å². The Hall–Kier alpha value is -0.530. The molecule has 0 aliphatic rings. The van der Waals surface area contributed by atoms with Crippen molar-refractivity contribution in [1.29, 1.82) is 0 Å². The van der Waals surface area contributed by atoms with E-state index in [0.29, 0.717) is 12.5 Å². The molecule has 0 bridgehead atoms. The van der Waals surface area contributed by atoms with E-state index in [2.05, 4.69) is 26.0 Å². The SMILES string of the molecule is COCc1cc(C(C)C)ccc1Cl. The second-order valence-electron chi connectivity index (χ2n) is 3.44. The Kier molecular flexibility index (Phi) is 3.76. The van der Waals surface area contributed by atoms with Crippen LogP contribution in [0.1, 0.15) is 30.9 Å². The summed E-state index contributed by atoms with van der Waals surface area (Å²) in [6.07, 6.45) is 0. The molecule has 0 N–H and O–H groups in total. The number of hydrogen-bond acceptors (Lipinski definition) is 1. The lowest BCUT2D eigenvalue weighted by molar-refractivity contribution is 0.185. The van der Waals surface area contributed by atoms with E-state index in [9.17, 15) is 0 Å². The predicted molar refractivity (Wildman–Crippen MR) is 56.3 cm³/mol. The highest BCUT2D eigenvalue weighted by molar-refractivity contribution is 6.31. The quantitative estimate of drug-likeness (QED) is 0.721. The van der Waals surface area contributed by atoms with Gasteiger partial charge in [0.15, 0.2) is 0 Å². The fraction of sp³-hybridized carbons (Fsp3) is 0.455. The topological polar surface area (TPSA) is 9.23 Å². The Balaban J connectivity index is 2.97. The molecule has 2 heteroatoms. The zero-order valence-electron chi connectivity index (χ0n) is 8.30. The lowest BCUT2D eigenvalue weighted by Gasteiger charge is -2.09. The van der Waals surface area contributed by atoms with Crippen molar-refractivity contribution < 1.29 is 4.74 Å². The van der Waals surface area contributed by atoms with Crippen molar-refractivity contribution in [2.45, 2.75) is 26.4 Å². The maximum atomic E-state index is 6.00. The van der Waals surface area contributed by atoms with Crippen molar-refractivity contribution in [2.24, 2.45) is 0 Å². The monoisotopic (exact) mass is 198 g/mol. The molecule has 1 aromatic rings. The molecular formula is C11H15ClO. The Morgan fingerprint density at radius 1 is 1.38 bits per heavy atom. The summed E-state index contributed by atoms with van der Waals surface area (Å²) in [5, 5.41) is 0.784. The number of methoxy groups -OCH3 is 1. The maximum absolute atomic E-state index is 6.00. The molecule has 0 fully saturated rings. The first-order valence-corrected chi connectivity index (χ1v) is 4.80. The molecule has 0 saturated carbocycles. The molecule has 1 rings (SSSR count). The van der Waals surface area contributed by atoms with E-state index in [4.69, 9.17) is 16.3 Å². The standard InChI is InChI=1S/C11H15ClO/c1-8(2)9-4-5-11(12)10(6-9)7-13-3/h4-6,8H,7H2,1-3H3. The molecule has 72 valence electrons. The minimum atomic E-state index is 0.535.